The second-order valence-electron chi connectivity index (χ2n) is 3.35. The minimum Gasteiger partial charge on any atom is -0.382 e. The lowest BCUT2D eigenvalue weighted by Gasteiger charge is -2.25. The summed E-state index contributed by atoms with van der Waals surface area (Å²) in [4.78, 5) is 2.24. The van der Waals surface area contributed by atoms with E-state index in [1.807, 2.05) is 13.8 Å². The van der Waals surface area contributed by atoms with E-state index >= 15 is 0 Å². The number of nitrogens with zero attached hydrogens (tertiary/aromatic N) is 1. The van der Waals surface area contributed by atoms with Crippen molar-refractivity contribution in [2.24, 2.45) is 0 Å². The van der Waals surface area contributed by atoms with Crippen LogP contribution < -0.4 is 0 Å². The molecule has 0 aromatic carbocycles. The lowest BCUT2D eigenvalue weighted by Crippen LogP contribution is -2.37. The molecule has 0 rings (SSSR count). The molecule has 3 nitrogen and oxygen atoms in total. The third kappa shape index (κ3) is 8.48. The largest absolute Gasteiger partial charge is 0.382 e. The fraction of sp³-hybridized carbons (Fsp3) is 1.00. The van der Waals surface area contributed by atoms with Gasteiger partial charge in [-0.15, -0.1) is 0 Å². The number of rotatable bonds is 6. The van der Waals surface area contributed by atoms with Gasteiger partial charge in [0.2, 0.25) is 0 Å². The Balaban J connectivity index is 0. The summed E-state index contributed by atoms with van der Waals surface area (Å²) in [6, 6.07) is 0.555. The van der Waals surface area contributed by atoms with E-state index in [4.69, 9.17) is 9.47 Å². The first-order chi connectivity index (χ1) is 6.61. The van der Waals surface area contributed by atoms with E-state index < -0.39 is 0 Å². The van der Waals surface area contributed by atoms with Crippen molar-refractivity contribution in [3.8, 4) is 0 Å². The van der Waals surface area contributed by atoms with Gasteiger partial charge in [-0.1, -0.05) is 13.8 Å². The van der Waals surface area contributed by atoms with Crippen molar-refractivity contribution in [1.82, 2.24) is 4.90 Å². The van der Waals surface area contributed by atoms with Gasteiger partial charge in [-0.25, -0.2) is 0 Å². The average Bonchev–Trinajstić information content (AvgIpc) is 2.19. The molecular weight excluding hydrogens is 178 g/mol. The van der Waals surface area contributed by atoms with E-state index in [-0.39, 0.29) is 6.10 Å². The maximum Gasteiger partial charge on any atom is 0.0931 e. The molecule has 0 saturated carbocycles. The predicted molar refractivity (Wildman–Crippen MR) is 61.8 cm³/mol. The molecule has 0 aliphatic carbocycles. The SMILES string of the molecule is CC.COCC(CN(C)C(C)C)OC. The van der Waals surface area contributed by atoms with Crippen LogP contribution in [0.3, 0.4) is 0 Å². The number of hydrogen-bond acceptors (Lipinski definition) is 3. The highest BCUT2D eigenvalue weighted by Crippen LogP contribution is 1.99. The van der Waals surface area contributed by atoms with Crippen molar-refractivity contribution in [3.63, 3.8) is 0 Å². The number of hydrogen-bond donors (Lipinski definition) is 0. The van der Waals surface area contributed by atoms with Crippen LogP contribution in [0.5, 0.6) is 0 Å². The van der Waals surface area contributed by atoms with Crippen LogP contribution in [0.4, 0.5) is 0 Å². The molecule has 0 aliphatic rings. The summed E-state index contributed by atoms with van der Waals surface area (Å²) in [7, 11) is 5.51. The quantitative estimate of drug-likeness (QED) is 0.662. The van der Waals surface area contributed by atoms with Crippen LogP contribution in [0.15, 0.2) is 0 Å². The molecule has 0 fully saturated rings. The Bertz CT molecular complexity index is 107. The topological polar surface area (TPSA) is 21.7 Å². The molecule has 0 aliphatic heterocycles. The average molecular weight is 205 g/mol. The number of ether oxygens (including phenoxy) is 2. The van der Waals surface area contributed by atoms with E-state index in [9.17, 15) is 0 Å². The van der Waals surface area contributed by atoms with Crippen LogP contribution in [0.2, 0.25) is 0 Å². The zero-order chi connectivity index (χ0) is 11.6. The first-order valence-electron chi connectivity index (χ1n) is 5.33. The molecule has 88 valence electrons. The molecule has 0 spiro atoms. The van der Waals surface area contributed by atoms with Crippen LogP contribution in [-0.4, -0.2) is 51.5 Å². The fourth-order valence-electron chi connectivity index (χ4n) is 0.913. The van der Waals surface area contributed by atoms with Gasteiger partial charge in [-0.2, -0.15) is 0 Å². The highest BCUT2D eigenvalue weighted by Gasteiger charge is 2.11. The first-order valence-corrected chi connectivity index (χ1v) is 5.33. The standard InChI is InChI=1S/C9H21NO2.C2H6/c1-8(2)10(3)6-9(12-5)7-11-4;1-2/h8-9H,6-7H2,1-5H3;1-2H3. The van der Waals surface area contributed by atoms with E-state index in [0.717, 1.165) is 6.54 Å². The van der Waals surface area contributed by atoms with E-state index in [1.165, 1.54) is 0 Å². The van der Waals surface area contributed by atoms with E-state index in [2.05, 4.69) is 25.8 Å². The van der Waals surface area contributed by atoms with Gasteiger partial charge in [0.1, 0.15) is 0 Å². The molecule has 0 heterocycles. The van der Waals surface area contributed by atoms with Crippen molar-refractivity contribution in [2.45, 2.75) is 39.8 Å². The van der Waals surface area contributed by atoms with Crippen molar-refractivity contribution in [1.29, 1.82) is 0 Å². The zero-order valence-corrected chi connectivity index (χ0v) is 10.8. The van der Waals surface area contributed by atoms with Gasteiger partial charge >= 0.3 is 0 Å². The molecule has 14 heavy (non-hydrogen) atoms. The highest BCUT2D eigenvalue weighted by molar-refractivity contribution is 4.64. The molecule has 0 aromatic rings. The van der Waals surface area contributed by atoms with Crippen molar-refractivity contribution in [3.05, 3.63) is 0 Å². The van der Waals surface area contributed by atoms with Crippen LogP contribution in [0.25, 0.3) is 0 Å². The first kappa shape index (κ1) is 16.3. The van der Waals surface area contributed by atoms with Crippen LogP contribution >= 0.6 is 0 Å². The molecule has 0 radical (unpaired) electrons. The smallest absolute Gasteiger partial charge is 0.0931 e. The second-order valence-corrected chi connectivity index (χ2v) is 3.35. The van der Waals surface area contributed by atoms with Crippen molar-refractivity contribution < 1.29 is 9.47 Å². The Labute approximate surface area is 89.4 Å². The van der Waals surface area contributed by atoms with Gasteiger partial charge in [-0.3, -0.25) is 0 Å². The molecule has 1 atom stereocenters. The molecule has 0 aromatic heterocycles. The predicted octanol–water partition coefficient (Wildman–Crippen LogP) is 2.01. The fourth-order valence-corrected chi connectivity index (χ4v) is 0.913. The molecule has 0 bridgehead atoms. The Morgan fingerprint density at radius 3 is 1.93 bits per heavy atom. The maximum absolute atomic E-state index is 5.24. The zero-order valence-electron chi connectivity index (χ0n) is 10.8. The van der Waals surface area contributed by atoms with Crippen molar-refractivity contribution in [2.75, 3.05) is 34.4 Å². The van der Waals surface area contributed by atoms with E-state index in [1.54, 1.807) is 14.2 Å². The summed E-state index contributed by atoms with van der Waals surface area (Å²) in [5.74, 6) is 0. The Hall–Kier alpha value is -0.120. The van der Waals surface area contributed by atoms with Gasteiger partial charge in [0.05, 0.1) is 12.7 Å². The summed E-state index contributed by atoms with van der Waals surface area (Å²) in [6.07, 6.45) is 0.183. The summed E-state index contributed by atoms with van der Waals surface area (Å²) in [6.45, 7) is 9.91. The second kappa shape index (κ2) is 11.0. The highest BCUT2D eigenvalue weighted by atomic mass is 16.5. The lowest BCUT2D eigenvalue weighted by atomic mass is 10.3. The Kier molecular flexibility index (Phi) is 12.8. The monoisotopic (exact) mass is 205 g/mol. The van der Waals surface area contributed by atoms with Crippen LogP contribution in [0, 0.1) is 0 Å². The number of likely N-dealkylation sites (N-methyl/N-ethyl adjacent to an activating group) is 1. The summed E-state index contributed by atoms with van der Waals surface area (Å²) in [5.41, 5.74) is 0. The van der Waals surface area contributed by atoms with Gasteiger partial charge < -0.3 is 14.4 Å². The summed E-state index contributed by atoms with van der Waals surface area (Å²) < 4.78 is 10.3. The molecule has 0 saturated heterocycles. The summed E-state index contributed by atoms with van der Waals surface area (Å²) in [5, 5.41) is 0. The number of methoxy groups -OCH3 is 2. The van der Waals surface area contributed by atoms with Gasteiger partial charge in [0, 0.05) is 26.8 Å². The van der Waals surface area contributed by atoms with E-state index in [0.29, 0.717) is 12.6 Å². The lowest BCUT2D eigenvalue weighted by molar-refractivity contribution is 0.00585. The van der Waals surface area contributed by atoms with Crippen LogP contribution in [0.1, 0.15) is 27.7 Å². The van der Waals surface area contributed by atoms with Crippen molar-refractivity contribution >= 4 is 0 Å². The summed E-state index contributed by atoms with van der Waals surface area (Å²) >= 11 is 0. The van der Waals surface area contributed by atoms with Crippen LogP contribution in [-0.2, 0) is 9.47 Å². The van der Waals surface area contributed by atoms with Gasteiger partial charge in [0.25, 0.3) is 0 Å². The molecular formula is C11H27NO2. The third-order valence-corrected chi connectivity index (χ3v) is 2.06. The Morgan fingerprint density at radius 1 is 1.14 bits per heavy atom. The molecule has 1 unspecified atom stereocenters. The van der Waals surface area contributed by atoms with Gasteiger partial charge in [0.15, 0.2) is 0 Å². The molecule has 3 heteroatoms. The third-order valence-electron chi connectivity index (χ3n) is 2.06. The minimum absolute atomic E-state index is 0.183. The Morgan fingerprint density at radius 2 is 1.64 bits per heavy atom. The molecule has 0 N–H and O–H groups in total. The normalized spacial score (nSPS) is 12.6. The maximum atomic E-state index is 5.24. The minimum atomic E-state index is 0.183. The van der Waals surface area contributed by atoms with Gasteiger partial charge in [-0.05, 0) is 20.9 Å². The molecule has 0 amide bonds.